The molecule has 0 atom stereocenters. The van der Waals surface area contributed by atoms with E-state index >= 15 is 0 Å². The Bertz CT molecular complexity index is 5640. The molecule has 0 aliphatic heterocycles. The molecule has 14 aromatic carbocycles. The Kier molecular flexibility index (Phi) is 11.6. The van der Waals surface area contributed by atoms with Crippen molar-refractivity contribution in [3.8, 4) is 83.8 Å². The van der Waals surface area contributed by atoms with E-state index in [2.05, 4.69) is 317 Å². The summed E-state index contributed by atoms with van der Waals surface area (Å²) in [6, 6.07) is 114. The van der Waals surface area contributed by atoms with Gasteiger partial charge in [0.25, 0.3) is 5.69 Å². The minimum absolute atomic E-state index is 0.410. The van der Waals surface area contributed by atoms with Gasteiger partial charge < -0.3 is 18.1 Å². The van der Waals surface area contributed by atoms with Gasteiger partial charge >= 0.3 is 0 Å². The molecule has 0 saturated carbocycles. The van der Waals surface area contributed by atoms with Crippen LogP contribution in [0.5, 0.6) is 0 Å². The molecule has 18 aromatic rings. The second-order valence-electron chi connectivity index (χ2n) is 23.4. The Hall–Kier alpha value is -12.2. The fourth-order valence-electron chi connectivity index (χ4n) is 14.3. The lowest BCUT2D eigenvalue weighted by molar-refractivity contribution is 0.670. The smallest absolute Gasteiger partial charge is 0.255 e. The van der Waals surface area contributed by atoms with Gasteiger partial charge in [0.1, 0.15) is 11.2 Å². The van der Waals surface area contributed by atoms with E-state index in [0.717, 1.165) is 154 Å². The van der Waals surface area contributed by atoms with Crippen LogP contribution in [0.25, 0.3) is 176 Å². The Morgan fingerprint density at radius 2 is 0.489 bits per heavy atom. The van der Waals surface area contributed by atoms with Crippen LogP contribution >= 0.6 is 0 Å². The number of para-hydroxylation sites is 1. The lowest BCUT2D eigenvalue weighted by atomic mass is 10.0. The van der Waals surface area contributed by atoms with Gasteiger partial charge in [-0.2, -0.15) is 0 Å². The average Bonchev–Trinajstić information content (AvgIpc) is 1.55. The summed E-state index contributed by atoms with van der Waals surface area (Å²) in [6.07, 6.45) is 0. The molecule has 5 nitrogen and oxygen atoms in total. The highest BCUT2D eigenvalue weighted by Gasteiger charge is 2.33. The highest BCUT2D eigenvalue weighted by Crippen LogP contribution is 2.54. The van der Waals surface area contributed by atoms with Gasteiger partial charge in [0.2, 0.25) is 0 Å². The summed E-state index contributed by atoms with van der Waals surface area (Å²) < 4.78 is 14.7. The Morgan fingerprint density at radius 1 is 0.233 bits per heavy atom. The second kappa shape index (κ2) is 20.5. The van der Waals surface area contributed by atoms with Crippen LogP contribution in [-0.2, 0) is 0 Å². The molecule has 0 N–H and O–H groups in total. The molecule has 90 heavy (non-hydrogen) atoms. The highest BCUT2D eigenvalue weighted by molar-refractivity contribution is 6.24. The van der Waals surface area contributed by atoms with Gasteiger partial charge in [-0.3, -0.25) is 0 Å². The number of rotatable bonds is 9. The van der Waals surface area contributed by atoms with Gasteiger partial charge in [-0.15, -0.1) is 0 Å². The largest absolute Gasteiger partial charge is 0.467 e. The molecule has 0 fully saturated rings. The molecule has 0 spiro atoms. The quantitative estimate of drug-likeness (QED) is 0.133. The molecular formula is C85H52N4O. The van der Waals surface area contributed by atoms with Crippen LogP contribution in [0.2, 0.25) is 0 Å². The van der Waals surface area contributed by atoms with Crippen LogP contribution < -0.4 is 0 Å². The van der Waals surface area contributed by atoms with E-state index in [4.69, 9.17) is 9.26 Å². The zero-order valence-electron chi connectivity index (χ0n) is 48.7. The predicted octanol–water partition coefficient (Wildman–Crippen LogP) is 23.4. The lowest BCUT2D eigenvalue weighted by Gasteiger charge is -2.24. The van der Waals surface area contributed by atoms with E-state index in [1.54, 1.807) is 0 Å². The van der Waals surface area contributed by atoms with Crippen molar-refractivity contribution in [2.24, 2.45) is 0 Å². The molecule has 18 rings (SSSR count). The molecular weight excluding hydrogens is 1090 g/mol. The summed E-state index contributed by atoms with van der Waals surface area (Å²) in [5.74, 6) is 0. The van der Waals surface area contributed by atoms with Crippen LogP contribution in [0.1, 0.15) is 0 Å². The summed E-state index contributed by atoms with van der Waals surface area (Å²) >= 11 is 0. The first kappa shape index (κ1) is 51.0. The maximum atomic E-state index is 9.80. The van der Waals surface area contributed by atoms with Crippen LogP contribution in [0.15, 0.2) is 320 Å². The van der Waals surface area contributed by atoms with Crippen LogP contribution in [0.4, 0.5) is 5.69 Å². The Labute approximate surface area is 518 Å². The van der Waals surface area contributed by atoms with Gasteiger partial charge in [-0.05, 0) is 146 Å². The van der Waals surface area contributed by atoms with Crippen molar-refractivity contribution in [2.75, 3.05) is 0 Å². The first-order valence-electron chi connectivity index (χ1n) is 30.6. The molecule has 0 aliphatic rings. The van der Waals surface area contributed by atoms with Crippen molar-refractivity contribution in [1.29, 1.82) is 0 Å². The van der Waals surface area contributed by atoms with Crippen molar-refractivity contribution in [3.63, 3.8) is 0 Å². The van der Waals surface area contributed by atoms with Gasteiger partial charge in [0.05, 0.1) is 56.7 Å². The van der Waals surface area contributed by atoms with E-state index < -0.39 is 0 Å². The topological polar surface area (TPSA) is 32.3 Å². The molecule has 0 saturated heterocycles. The van der Waals surface area contributed by atoms with Crippen LogP contribution in [-0.4, -0.2) is 13.7 Å². The van der Waals surface area contributed by atoms with E-state index in [1.807, 2.05) is 12.1 Å². The van der Waals surface area contributed by atoms with Gasteiger partial charge in [-0.1, -0.05) is 237 Å². The molecule has 0 unspecified atom stereocenters. The monoisotopic (exact) mass is 1140 g/mol. The zero-order chi connectivity index (χ0) is 59.4. The molecule has 0 amide bonds. The van der Waals surface area contributed by atoms with E-state index in [0.29, 0.717) is 22.5 Å². The SMILES string of the molecule is [C-]#[N+]c1c(-n2c3ccc(-c4ccccc4)cc3c3cc(-c4ccccc4)ccc32)c(-n2c3ccc(-c4ccccc4)cc3c3cc(-c4ccccc4)ccc32)c(-n2c3ccc(-c4ccccc4)cc3c3cc(-c4ccccc4)ccc32)c2c1oc1ccccc12. The molecule has 0 aliphatic carbocycles. The van der Waals surface area contributed by atoms with Gasteiger partial charge in [0.15, 0.2) is 0 Å². The fraction of sp³-hybridized carbons (Fsp3) is 0. The molecule has 4 heterocycles. The first-order chi connectivity index (χ1) is 44.6. The minimum Gasteiger partial charge on any atom is -0.467 e. The summed E-state index contributed by atoms with van der Waals surface area (Å²) in [5, 5.41) is 8.29. The predicted molar refractivity (Wildman–Crippen MR) is 376 cm³/mol. The number of fused-ring (bicyclic) bond motifs is 12. The van der Waals surface area contributed by atoms with Crippen molar-refractivity contribution in [3.05, 3.63) is 327 Å². The highest BCUT2D eigenvalue weighted by atomic mass is 16.3. The van der Waals surface area contributed by atoms with Crippen molar-refractivity contribution in [1.82, 2.24) is 13.7 Å². The third-order valence-corrected chi connectivity index (χ3v) is 18.4. The number of aromatic nitrogens is 3. The molecule has 0 bridgehead atoms. The summed E-state index contributed by atoms with van der Waals surface area (Å²) in [6.45, 7) is 9.80. The number of nitrogens with zero attached hydrogens (tertiary/aromatic N) is 4. The number of hydrogen-bond donors (Lipinski definition) is 0. The number of furan rings is 1. The standard InChI is InChI=1S/C85H52N4O/c1-86-81-83(88-75-44-38-62(56-26-12-4-13-27-56)50-69(75)70-51-63(39-45-76(70)88)57-28-14-5-15-29-57)84(89-77-46-40-64(58-30-16-6-17-31-58)52-71(77)72-53-65(41-47-78(72)89)59-32-18-7-19-33-59)82(80-66-34-20-21-35-79(66)90-85(80)81)87-73-42-36-60(54-22-8-2-9-23-54)48-67(73)68-49-61(37-43-74(68)87)55-24-10-3-11-25-55/h2-53H. The molecule has 0 radical (unpaired) electrons. The summed E-state index contributed by atoms with van der Waals surface area (Å²) in [4.78, 5) is 4.78. The fourth-order valence-corrected chi connectivity index (χ4v) is 14.3. The maximum absolute atomic E-state index is 9.80. The van der Waals surface area contributed by atoms with E-state index in [9.17, 15) is 6.57 Å². The normalized spacial score (nSPS) is 11.8. The second-order valence-corrected chi connectivity index (χ2v) is 23.4. The maximum Gasteiger partial charge on any atom is 0.255 e. The van der Waals surface area contributed by atoms with E-state index in [1.165, 1.54) is 0 Å². The average molecular weight is 1150 g/mol. The first-order valence-corrected chi connectivity index (χ1v) is 30.6. The van der Waals surface area contributed by atoms with Crippen LogP contribution in [0.3, 0.4) is 0 Å². The third kappa shape index (κ3) is 7.95. The Morgan fingerprint density at radius 3 is 0.778 bits per heavy atom. The van der Waals surface area contributed by atoms with Crippen molar-refractivity contribution < 1.29 is 4.42 Å². The van der Waals surface area contributed by atoms with Gasteiger partial charge in [0, 0.05) is 43.1 Å². The lowest BCUT2D eigenvalue weighted by Crippen LogP contribution is -2.10. The molecule has 5 heteroatoms. The van der Waals surface area contributed by atoms with Crippen molar-refractivity contribution in [2.45, 2.75) is 0 Å². The van der Waals surface area contributed by atoms with Crippen molar-refractivity contribution >= 4 is 93.0 Å². The van der Waals surface area contributed by atoms with E-state index in [-0.39, 0.29) is 0 Å². The minimum atomic E-state index is 0.410. The number of hydrogen-bond acceptors (Lipinski definition) is 1. The zero-order valence-corrected chi connectivity index (χ0v) is 48.7. The number of benzene rings is 14. The Balaban J connectivity index is 1.08. The van der Waals surface area contributed by atoms with Crippen LogP contribution in [0, 0.1) is 6.57 Å². The van der Waals surface area contributed by atoms with Gasteiger partial charge in [-0.25, -0.2) is 4.85 Å². The molecule has 418 valence electrons. The summed E-state index contributed by atoms with van der Waals surface area (Å²) in [7, 11) is 0. The summed E-state index contributed by atoms with van der Waals surface area (Å²) in [5.41, 5.74) is 23.5. The molecule has 4 aromatic heterocycles. The third-order valence-electron chi connectivity index (χ3n) is 18.4.